The maximum atomic E-state index is 13.4. The topological polar surface area (TPSA) is 119 Å². The Morgan fingerprint density at radius 2 is 1.48 bits per heavy atom. The van der Waals surface area contributed by atoms with Crippen molar-refractivity contribution in [2.24, 2.45) is 5.92 Å². The summed E-state index contributed by atoms with van der Waals surface area (Å²) < 4.78 is 35.0. The van der Waals surface area contributed by atoms with E-state index in [1.807, 2.05) is 44.2 Å². The molecule has 9 nitrogen and oxygen atoms in total. The molecule has 0 aliphatic carbocycles. The largest absolute Gasteiger partial charge is 0.459 e. The minimum Gasteiger partial charge on any atom is -0.459 e. The van der Waals surface area contributed by atoms with E-state index < -0.39 is 51.2 Å². The normalized spacial score (nSPS) is 13.2. The first-order valence-corrected chi connectivity index (χ1v) is 14.6. The Morgan fingerprint density at radius 1 is 0.925 bits per heavy atom. The second-order valence-electron chi connectivity index (χ2n) is 10.9. The van der Waals surface area contributed by atoms with Crippen molar-refractivity contribution in [3.05, 3.63) is 77.7 Å². The van der Waals surface area contributed by atoms with Crippen LogP contribution in [0.2, 0.25) is 0 Å². The zero-order valence-corrected chi connectivity index (χ0v) is 24.9. The van der Waals surface area contributed by atoms with Gasteiger partial charge in [0.1, 0.15) is 25.3 Å². The molecule has 2 aromatic rings. The van der Waals surface area contributed by atoms with Crippen LogP contribution in [0.15, 0.2) is 72.1 Å². The highest BCUT2D eigenvalue weighted by atomic mass is 32.2. The molecule has 10 heteroatoms. The van der Waals surface area contributed by atoms with Gasteiger partial charge in [-0.1, -0.05) is 69.0 Å². The molecule has 0 spiro atoms. The third-order valence-electron chi connectivity index (χ3n) is 6.07. The molecule has 0 bridgehead atoms. The van der Waals surface area contributed by atoms with Crippen LogP contribution in [0.1, 0.15) is 53.5 Å². The Morgan fingerprint density at radius 3 is 2.00 bits per heavy atom. The van der Waals surface area contributed by atoms with Crippen LogP contribution in [0.25, 0.3) is 0 Å². The highest BCUT2D eigenvalue weighted by molar-refractivity contribution is 7.96. The Bertz CT molecular complexity index is 1270. The summed E-state index contributed by atoms with van der Waals surface area (Å²) in [6.07, 6.45) is -0.613. The van der Waals surface area contributed by atoms with Gasteiger partial charge in [0, 0.05) is 5.69 Å². The van der Waals surface area contributed by atoms with Crippen molar-refractivity contribution in [3.8, 4) is 0 Å². The first-order valence-electron chi connectivity index (χ1n) is 13.1. The number of amides is 2. The van der Waals surface area contributed by atoms with Gasteiger partial charge in [-0.3, -0.25) is 9.69 Å². The van der Waals surface area contributed by atoms with Gasteiger partial charge in [-0.15, -0.1) is 0 Å². The molecule has 0 aliphatic heterocycles. The highest BCUT2D eigenvalue weighted by Crippen LogP contribution is 2.24. The predicted octanol–water partition coefficient (Wildman–Crippen LogP) is 5.02. The quantitative estimate of drug-likeness (QED) is 0.355. The number of anilines is 1. The van der Waals surface area contributed by atoms with Crippen molar-refractivity contribution in [1.82, 2.24) is 5.32 Å². The molecule has 2 amide bonds. The standard InChI is InChI=1S/C30H40N2O7S/c1-21(2)18-26(28(34)38-20-24-14-10-8-11-15-24)31-27(33)23(4)32(25-16-12-9-13-17-25)29(35)39-19-22(3)40(36,37)30(5,6)7/h8-17,21,23,26H,3,18-20H2,1-2,4-7H3,(H,31,33)/t23?,26-/m0/s1. The predicted molar refractivity (Wildman–Crippen MR) is 155 cm³/mol. The van der Waals surface area contributed by atoms with Crippen LogP contribution in [-0.2, 0) is 35.5 Å². The third kappa shape index (κ3) is 8.94. The van der Waals surface area contributed by atoms with E-state index in [0.717, 1.165) is 10.5 Å². The van der Waals surface area contributed by atoms with E-state index in [4.69, 9.17) is 9.47 Å². The summed E-state index contributed by atoms with van der Waals surface area (Å²) in [5.41, 5.74) is 1.17. The van der Waals surface area contributed by atoms with Gasteiger partial charge in [-0.2, -0.15) is 0 Å². The van der Waals surface area contributed by atoms with Crippen LogP contribution >= 0.6 is 0 Å². The number of rotatable bonds is 12. The molecular formula is C30H40N2O7S. The average molecular weight is 573 g/mol. The van der Waals surface area contributed by atoms with Crippen LogP contribution < -0.4 is 10.2 Å². The summed E-state index contributed by atoms with van der Waals surface area (Å²) in [5, 5.41) is 2.72. The molecule has 0 radical (unpaired) electrons. The lowest BCUT2D eigenvalue weighted by Crippen LogP contribution is -2.53. The van der Waals surface area contributed by atoms with Gasteiger partial charge in [-0.05, 0) is 57.7 Å². The number of sulfone groups is 1. The Balaban J connectivity index is 2.21. The smallest absolute Gasteiger partial charge is 0.415 e. The van der Waals surface area contributed by atoms with Crippen molar-refractivity contribution < 1.29 is 32.3 Å². The van der Waals surface area contributed by atoms with Crippen molar-refractivity contribution in [2.75, 3.05) is 11.5 Å². The van der Waals surface area contributed by atoms with Gasteiger partial charge in [0.2, 0.25) is 5.91 Å². The van der Waals surface area contributed by atoms with E-state index in [1.165, 1.54) is 27.7 Å². The van der Waals surface area contributed by atoms with Gasteiger partial charge in [0.05, 0.1) is 9.65 Å². The molecule has 0 fully saturated rings. The number of nitrogens with one attached hydrogen (secondary N) is 1. The number of carbonyl (C=O) groups is 3. The fourth-order valence-electron chi connectivity index (χ4n) is 3.72. The first kappa shape index (κ1) is 32.6. The average Bonchev–Trinajstić information content (AvgIpc) is 2.90. The SMILES string of the molecule is C=C(COC(=O)N(c1ccccc1)C(C)C(=O)N[C@@H](CC(C)C)C(=O)OCc1ccccc1)S(=O)(=O)C(C)(C)C. The Labute approximate surface area is 237 Å². The number of hydrogen-bond acceptors (Lipinski definition) is 7. The zero-order valence-electron chi connectivity index (χ0n) is 24.0. The lowest BCUT2D eigenvalue weighted by molar-refractivity contribution is -0.149. The van der Waals surface area contributed by atoms with E-state index in [1.54, 1.807) is 30.3 Å². The van der Waals surface area contributed by atoms with Crippen molar-refractivity contribution in [2.45, 2.75) is 71.4 Å². The number of hydrogen-bond donors (Lipinski definition) is 1. The van der Waals surface area contributed by atoms with Crippen molar-refractivity contribution >= 4 is 33.5 Å². The van der Waals surface area contributed by atoms with Crippen LogP contribution in [0, 0.1) is 5.92 Å². The van der Waals surface area contributed by atoms with E-state index in [2.05, 4.69) is 11.9 Å². The lowest BCUT2D eigenvalue weighted by Gasteiger charge is -2.29. The maximum Gasteiger partial charge on any atom is 0.415 e. The van der Waals surface area contributed by atoms with Crippen molar-refractivity contribution in [3.63, 3.8) is 0 Å². The minimum atomic E-state index is -3.78. The zero-order chi connectivity index (χ0) is 30.1. The molecule has 0 heterocycles. The van der Waals surface area contributed by atoms with Crippen LogP contribution in [0.4, 0.5) is 10.5 Å². The Hall–Kier alpha value is -3.66. The summed E-state index contributed by atoms with van der Waals surface area (Å²) in [7, 11) is -3.78. The third-order valence-corrected chi connectivity index (χ3v) is 8.56. The molecular weight excluding hydrogens is 532 g/mol. The van der Waals surface area contributed by atoms with E-state index in [0.29, 0.717) is 12.1 Å². The van der Waals surface area contributed by atoms with Crippen LogP contribution in [0.5, 0.6) is 0 Å². The van der Waals surface area contributed by atoms with Gasteiger partial charge in [0.25, 0.3) is 0 Å². The molecule has 0 aromatic heterocycles. The van der Waals surface area contributed by atoms with Gasteiger partial charge >= 0.3 is 12.1 Å². The molecule has 218 valence electrons. The molecule has 1 N–H and O–H groups in total. The lowest BCUT2D eigenvalue weighted by atomic mass is 10.0. The molecule has 2 atom stereocenters. The number of ether oxygens (including phenoxy) is 2. The molecule has 0 saturated heterocycles. The number of nitrogens with zero attached hydrogens (tertiary/aromatic N) is 1. The maximum absolute atomic E-state index is 13.4. The highest BCUT2D eigenvalue weighted by Gasteiger charge is 2.35. The van der Waals surface area contributed by atoms with E-state index in [9.17, 15) is 22.8 Å². The van der Waals surface area contributed by atoms with Crippen molar-refractivity contribution in [1.29, 1.82) is 0 Å². The second-order valence-corrected chi connectivity index (χ2v) is 13.7. The molecule has 1 unspecified atom stereocenters. The van der Waals surface area contributed by atoms with E-state index >= 15 is 0 Å². The van der Waals surface area contributed by atoms with Gasteiger partial charge in [-0.25, -0.2) is 18.0 Å². The number of esters is 1. The Kier molecular flexibility index (Phi) is 11.5. The van der Waals surface area contributed by atoms with Crippen LogP contribution in [-0.4, -0.2) is 49.8 Å². The summed E-state index contributed by atoms with van der Waals surface area (Å²) in [6, 6.07) is 15.5. The van der Waals surface area contributed by atoms with Crippen LogP contribution in [0.3, 0.4) is 0 Å². The first-order chi connectivity index (χ1) is 18.6. The summed E-state index contributed by atoms with van der Waals surface area (Å²) >= 11 is 0. The summed E-state index contributed by atoms with van der Waals surface area (Å²) in [5.74, 6) is -1.13. The van der Waals surface area contributed by atoms with Gasteiger partial charge in [0.15, 0.2) is 9.84 Å². The number of carbonyl (C=O) groups excluding carboxylic acids is 3. The molecule has 2 aromatic carbocycles. The molecule has 2 rings (SSSR count). The minimum absolute atomic E-state index is 0.0590. The number of benzene rings is 2. The molecule has 0 saturated carbocycles. The monoisotopic (exact) mass is 572 g/mol. The fourth-order valence-corrected chi connectivity index (χ4v) is 4.80. The fraction of sp³-hybridized carbons (Fsp3) is 0.433. The molecule has 0 aliphatic rings. The summed E-state index contributed by atoms with van der Waals surface area (Å²) in [6.45, 7) is 13.0. The summed E-state index contributed by atoms with van der Waals surface area (Å²) in [4.78, 5) is 40.4. The number of para-hydroxylation sites is 1. The second kappa shape index (κ2) is 14.1. The van der Waals surface area contributed by atoms with E-state index in [-0.39, 0.29) is 17.4 Å². The van der Waals surface area contributed by atoms with Gasteiger partial charge < -0.3 is 14.8 Å². The molecule has 40 heavy (non-hydrogen) atoms.